The van der Waals surface area contributed by atoms with Crippen molar-refractivity contribution in [1.82, 2.24) is 9.55 Å². The van der Waals surface area contributed by atoms with E-state index in [1.54, 1.807) is 7.11 Å². The molecule has 0 aliphatic carbocycles. The number of carbonyl (C=O) groups excluding carboxylic acids is 1. The van der Waals surface area contributed by atoms with Gasteiger partial charge in [-0.2, -0.15) is 0 Å². The van der Waals surface area contributed by atoms with Crippen LogP contribution in [0.5, 0.6) is 5.75 Å². The standard InChI is InChI=1S/C23H20N2O4S/c1-15-3-5-16(6-4-15)13-29-21(26)12-25-14-24-19-11-20(30-22(19)23(25)27)17-7-9-18(28-2)10-8-17/h3-11,14H,12-13H2,1-2H3. The van der Waals surface area contributed by atoms with Crippen molar-refractivity contribution < 1.29 is 14.3 Å². The number of hydrogen-bond acceptors (Lipinski definition) is 6. The largest absolute Gasteiger partial charge is 0.497 e. The fourth-order valence-corrected chi connectivity index (χ4v) is 4.05. The lowest BCUT2D eigenvalue weighted by Gasteiger charge is -2.07. The molecule has 6 nitrogen and oxygen atoms in total. The Morgan fingerprint density at radius 3 is 2.53 bits per heavy atom. The van der Waals surface area contributed by atoms with Crippen LogP contribution < -0.4 is 10.3 Å². The summed E-state index contributed by atoms with van der Waals surface area (Å²) in [4.78, 5) is 30.3. The highest BCUT2D eigenvalue weighted by Gasteiger charge is 2.13. The minimum Gasteiger partial charge on any atom is -0.497 e. The molecule has 0 atom stereocenters. The highest BCUT2D eigenvalue weighted by atomic mass is 32.1. The number of ether oxygens (including phenoxy) is 2. The highest BCUT2D eigenvalue weighted by Crippen LogP contribution is 2.31. The highest BCUT2D eigenvalue weighted by molar-refractivity contribution is 7.22. The molecule has 0 bridgehead atoms. The van der Waals surface area contributed by atoms with Crippen molar-refractivity contribution >= 4 is 27.5 Å². The number of aromatic nitrogens is 2. The van der Waals surface area contributed by atoms with Gasteiger partial charge in [-0.3, -0.25) is 14.2 Å². The number of thiophene rings is 1. The molecule has 4 rings (SSSR count). The van der Waals surface area contributed by atoms with Gasteiger partial charge in [-0.05, 0) is 48.4 Å². The summed E-state index contributed by atoms with van der Waals surface area (Å²) in [6, 6.07) is 17.2. The van der Waals surface area contributed by atoms with E-state index in [0.717, 1.165) is 27.3 Å². The molecule has 0 N–H and O–H groups in total. The van der Waals surface area contributed by atoms with E-state index in [9.17, 15) is 9.59 Å². The number of esters is 1. The summed E-state index contributed by atoms with van der Waals surface area (Å²) >= 11 is 1.35. The lowest BCUT2D eigenvalue weighted by Crippen LogP contribution is -2.25. The first kappa shape index (κ1) is 19.8. The minimum atomic E-state index is -0.481. The molecule has 152 valence electrons. The van der Waals surface area contributed by atoms with Crippen LogP contribution in [-0.2, 0) is 22.7 Å². The molecule has 0 aliphatic rings. The minimum absolute atomic E-state index is 0.171. The molecule has 0 saturated carbocycles. The Morgan fingerprint density at radius 1 is 1.10 bits per heavy atom. The summed E-state index contributed by atoms with van der Waals surface area (Å²) < 4.78 is 12.3. The Kier molecular flexibility index (Phi) is 5.63. The molecule has 0 amide bonds. The predicted octanol–water partition coefficient (Wildman–Crippen LogP) is 4.19. The first-order chi connectivity index (χ1) is 14.5. The predicted molar refractivity (Wildman–Crippen MR) is 117 cm³/mol. The van der Waals surface area contributed by atoms with Crippen molar-refractivity contribution in [3.8, 4) is 16.2 Å². The van der Waals surface area contributed by atoms with E-state index in [-0.39, 0.29) is 18.7 Å². The Balaban J connectivity index is 1.50. The van der Waals surface area contributed by atoms with E-state index in [0.29, 0.717) is 10.2 Å². The third-order valence-electron chi connectivity index (χ3n) is 4.70. The van der Waals surface area contributed by atoms with Gasteiger partial charge in [0.15, 0.2) is 0 Å². The summed E-state index contributed by atoms with van der Waals surface area (Å²) in [5, 5.41) is 0. The van der Waals surface area contributed by atoms with Crippen LogP contribution in [-0.4, -0.2) is 22.6 Å². The first-order valence-corrected chi connectivity index (χ1v) is 10.2. The van der Waals surface area contributed by atoms with E-state index < -0.39 is 5.97 Å². The van der Waals surface area contributed by atoms with Crippen LogP contribution in [0.4, 0.5) is 0 Å². The molecule has 2 aromatic carbocycles. The van der Waals surface area contributed by atoms with Gasteiger partial charge in [0.05, 0.1) is 19.0 Å². The smallest absolute Gasteiger partial charge is 0.326 e. The van der Waals surface area contributed by atoms with Crippen LogP contribution in [0.2, 0.25) is 0 Å². The van der Waals surface area contributed by atoms with Crippen molar-refractivity contribution in [3.63, 3.8) is 0 Å². The zero-order valence-corrected chi connectivity index (χ0v) is 17.4. The van der Waals surface area contributed by atoms with Crippen molar-refractivity contribution in [2.24, 2.45) is 0 Å². The van der Waals surface area contributed by atoms with Crippen LogP contribution in [0.25, 0.3) is 20.7 Å². The zero-order chi connectivity index (χ0) is 21.1. The average molecular weight is 420 g/mol. The van der Waals surface area contributed by atoms with Crippen molar-refractivity contribution in [3.05, 3.63) is 82.4 Å². The number of carbonyl (C=O) groups is 1. The van der Waals surface area contributed by atoms with E-state index in [2.05, 4.69) is 4.98 Å². The monoisotopic (exact) mass is 420 g/mol. The zero-order valence-electron chi connectivity index (χ0n) is 16.6. The van der Waals surface area contributed by atoms with Gasteiger partial charge < -0.3 is 9.47 Å². The molecule has 4 aromatic rings. The summed E-state index contributed by atoms with van der Waals surface area (Å²) in [6.07, 6.45) is 1.39. The van der Waals surface area contributed by atoms with Gasteiger partial charge in [0.2, 0.25) is 0 Å². The maximum atomic E-state index is 12.8. The third kappa shape index (κ3) is 4.26. The molecule has 7 heteroatoms. The number of aryl methyl sites for hydroxylation is 1. The maximum absolute atomic E-state index is 12.8. The topological polar surface area (TPSA) is 70.4 Å². The lowest BCUT2D eigenvalue weighted by molar-refractivity contribution is -0.145. The normalized spacial score (nSPS) is 10.9. The van der Waals surface area contributed by atoms with Gasteiger partial charge >= 0.3 is 5.97 Å². The SMILES string of the molecule is COc1ccc(-c2cc3ncn(CC(=O)OCc4ccc(C)cc4)c(=O)c3s2)cc1. The second-order valence-electron chi connectivity index (χ2n) is 6.88. The second-order valence-corrected chi connectivity index (χ2v) is 7.93. The number of rotatable bonds is 6. The molecule has 2 heterocycles. The molecular formula is C23H20N2O4S. The Morgan fingerprint density at radius 2 is 1.83 bits per heavy atom. The van der Waals surface area contributed by atoms with Crippen LogP contribution in [0.1, 0.15) is 11.1 Å². The first-order valence-electron chi connectivity index (χ1n) is 9.38. The average Bonchev–Trinajstić information content (AvgIpc) is 3.21. The van der Waals surface area contributed by atoms with E-state index in [4.69, 9.17) is 9.47 Å². The fraction of sp³-hybridized carbons (Fsp3) is 0.174. The van der Waals surface area contributed by atoms with Gasteiger partial charge in [0, 0.05) is 4.88 Å². The maximum Gasteiger partial charge on any atom is 0.326 e. The Hall–Kier alpha value is -3.45. The second kappa shape index (κ2) is 8.51. The molecule has 0 radical (unpaired) electrons. The van der Waals surface area contributed by atoms with Gasteiger partial charge in [-0.1, -0.05) is 29.8 Å². The molecule has 30 heavy (non-hydrogen) atoms. The Labute approximate surface area is 177 Å². The molecular weight excluding hydrogens is 400 g/mol. The van der Waals surface area contributed by atoms with Crippen LogP contribution in [0.15, 0.2) is 65.7 Å². The fourth-order valence-electron chi connectivity index (χ4n) is 2.99. The number of nitrogens with zero attached hydrogens (tertiary/aromatic N) is 2. The summed E-state index contributed by atoms with van der Waals surface area (Å²) in [5.74, 6) is 0.287. The van der Waals surface area contributed by atoms with Gasteiger partial charge in [-0.25, -0.2) is 4.98 Å². The number of hydrogen-bond donors (Lipinski definition) is 0. The molecule has 0 fully saturated rings. The third-order valence-corrected chi connectivity index (χ3v) is 5.86. The number of methoxy groups -OCH3 is 1. The quantitative estimate of drug-likeness (QED) is 0.438. The molecule has 2 aromatic heterocycles. The van der Waals surface area contributed by atoms with E-state index in [1.165, 1.54) is 22.2 Å². The van der Waals surface area contributed by atoms with E-state index >= 15 is 0 Å². The summed E-state index contributed by atoms with van der Waals surface area (Å²) in [7, 11) is 1.62. The number of benzene rings is 2. The summed E-state index contributed by atoms with van der Waals surface area (Å²) in [6.45, 7) is 1.99. The van der Waals surface area contributed by atoms with E-state index in [1.807, 2.05) is 61.5 Å². The van der Waals surface area contributed by atoms with Crippen molar-refractivity contribution in [2.75, 3.05) is 7.11 Å². The van der Waals surface area contributed by atoms with Gasteiger partial charge in [-0.15, -0.1) is 11.3 Å². The summed E-state index contributed by atoms with van der Waals surface area (Å²) in [5.41, 5.74) is 3.37. The molecule has 0 aliphatic heterocycles. The van der Waals surface area contributed by atoms with Crippen LogP contribution >= 0.6 is 11.3 Å². The lowest BCUT2D eigenvalue weighted by atomic mass is 10.2. The molecule has 0 saturated heterocycles. The van der Waals surface area contributed by atoms with Crippen molar-refractivity contribution in [1.29, 1.82) is 0 Å². The van der Waals surface area contributed by atoms with Gasteiger partial charge in [0.25, 0.3) is 5.56 Å². The number of fused-ring (bicyclic) bond motifs is 1. The molecule has 0 spiro atoms. The van der Waals surface area contributed by atoms with Crippen LogP contribution in [0, 0.1) is 6.92 Å². The Bertz CT molecular complexity index is 1240. The van der Waals surface area contributed by atoms with Crippen molar-refractivity contribution in [2.45, 2.75) is 20.1 Å². The van der Waals surface area contributed by atoms with Gasteiger partial charge in [0.1, 0.15) is 23.6 Å². The molecule has 0 unspecified atom stereocenters. The van der Waals surface area contributed by atoms with Crippen LogP contribution in [0.3, 0.4) is 0 Å².